The highest BCUT2D eigenvalue weighted by Gasteiger charge is 2.04. The first-order valence-corrected chi connectivity index (χ1v) is 5.12. The van der Waals surface area contributed by atoms with Gasteiger partial charge >= 0.3 is 5.69 Å². The predicted molar refractivity (Wildman–Crippen MR) is 61.7 cm³/mol. The molecule has 1 atom stereocenters. The maximum absolute atomic E-state index is 11.3. The van der Waals surface area contributed by atoms with Crippen LogP contribution in [0.25, 0.3) is 5.69 Å². The fourth-order valence-electron chi connectivity index (χ4n) is 1.52. The van der Waals surface area contributed by atoms with Gasteiger partial charge in [-0.3, -0.25) is 0 Å². The van der Waals surface area contributed by atoms with Crippen LogP contribution in [0.2, 0.25) is 0 Å². The van der Waals surface area contributed by atoms with E-state index < -0.39 is 0 Å². The Hall–Kier alpha value is -1.88. The molecule has 1 heterocycles. The van der Waals surface area contributed by atoms with E-state index in [4.69, 9.17) is 0 Å². The molecule has 1 aromatic carbocycles. The van der Waals surface area contributed by atoms with E-state index in [1.807, 2.05) is 31.3 Å². The van der Waals surface area contributed by atoms with Gasteiger partial charge in [-0.05, 0) is 31.7 Å². The van der Waals surface area contributed by atoms with Crippen molar-refractivity contribution in [2.75, 3.05) is 7.05 Å². The van der Waals surface area contributed by atoms with Crippen molar-refractivity contribution in [2.24, 2.45) is 0 Å². The average molecular weight is 218 g/mol. The fourth-order valence-corrected chi connectivity index (χ4v) is 1.52. The van der Waals surface area contributed by atoms with Crippen LogP contribution in [0.3, 0.4) is 0 Å². The molecule has 2 aromatic rings. The maximum Gasteiger partial charge on any atom is 0.347 e. The van der Waals surface area contributed by atoms with Crippen LogP contribution in [-0.4, -0.2) is 21.8 Å². The van der Waals surface area contributed by atoms with Gasteiger partial charge in [-0.1, -0.05) is 12.1 Å². The van der Waals surface area contributed by atoms with Crippen molar-refractivity contribution in [2.45, 2.75) is 13.0 Å². The van der Waals surface area contributed by atoms with Crippen LogP contribution in [0.5, 0.6) is 0 Å². The van der Waals surface area contributed by atoms with Crippen LogP contribution < -0.4 is 11.0 Å². The normalized spacial score (nSPS) is 12.6. The Kier molecular flexibility index (Phi) is 2.87. The predicted octanol–water partition coefficient (Wildman–Crippen LogP) is 0.841. The van der Waals surface area contributed by atoms with Crippen LogP contribution in [0, 0.1) is 0 Å². The van der Waals surface area contributed by atoms with Crippen LogP contribution in [-0.2, 0) is 0 Å². The SMILES string of the molecule is CNC(C)c1ccc(-n2cn[nH]c2=O)cc1. The van der Waals surface area contributed by atoms with Gasteiger partial charge in [0.05, 0.1) is 5.69 Å². The molecule has 0 aliphatic carbocycles. The highest BCUT2D eigenvalue weighted by Crippen LogP contribution is 2.13. The summed E-state index contributed by atoms with van der Waals surface area (Å²) in [6.07, 6.45) is 1.47. The van der Waals surface area contributed by atoms with Crippen LogP contribution in [0.1, 0.15) is 18.5 Å². The Labute approximate surface area is 93.1 Å². The second-order valence-corrected chi connectivity index (χ2v) is 3.63. The second kappa shape index (κ2) is 4.32. The van der Waals surface area contributed by atoms with Crippen molar-refractivity contribution in [1.82, 2.24) is 20.1 Å². The molecule has 0 bridgehead atoms. The van der Waals surface area contributed by atoms with E-state index in [1.54, 1.807) is 0 Å². The molecular formula is C11H14N4O. The molecule has 2 rings (SSSR count). The monoisotopic (exact) mass is 218 g/mol. The van der Waals surface area contributed by atoms with Gasteiger partial charge in [0.15, 0.2) is 0 Å². The number of aromatic amines is 1. The molecule has 0 saturated heterocycles. The van der Waals surface area contributed by atoms with Crippen molar-refractivity contribution < 1.29 is 0 Å². The Morgan fingerprint density at radius 2 is 2.06 bits per heavy atom. The molecule has 16 heavy (non-hydrogen) atoms. The van der Waals surface area contributed by atoms with E-state index in [9.17, 15) is 4.79 Å². The Bertz CT molecular complexity index is 511. The first-order valence-electron chi connectivity index (χ1n) is 5.12. The van der Waals surface area contributed by atoms with Gasteiger partial charge in [-0.25, -0.2) is 14.5 Å². The molecule has 0 saturated carbocycles. The van der Waals surface area contributed by atoms with E-state index in [-0.39, 0.29) is 5.69 Å². The molecule has 0 aliphatic rings. The van der Waals surface area contributed by atoms with Crippen molar-refractivity contribution in [1.29, 1.82) is 0 Å². The summed E-state index contributed by atoms with van der Waals surface area (Å²) < 4.78 is 1.47. The average Bonchev–Trinajstić information content (AvgIpc) is 2.75. The highest BCUT2D eigenvalue weighted by atomic mass is 16.1. The highest BCUT2D eigenvalue weighted by molar-refractivity contribution is 5.35. The number of hydrogen-bond donors (Lipinski definition) is 2. The molecule has 5 nitrogen and oxygen atoms in total. The molecule has 1 aromatic heterocycles. The molecular weight excluding hydrogens is 204 g/mol. The summed E-state index contributed by atoms with van der Waals surface area (Å²) in [7, 11) is 1.92. The molecule has 0 amide bonds. The summed E-state index contributed by atoms with van der Waals surface area (Å²) in [6, 6.07) is 8.10. The van der Waals surface area contributed by atoms with Crippen molar-refractivity contribution in [3.63, 3.8) is 0 Å². The first-order chi connectivity index (χ1) is 7.72. The largest absolute Gasteiger partial charge is 0.347 e. The Morgan fingerprint density at radius 3 is 2.56 bits per heavy atom. The minimum Gasteiger partial charge on any atom is -0.313 e. The van der Waals surface area contributed by atoms with Gasteiger partial charge < -0.3 is 5.32 Å². The zero-order valence-corrected chi connectivity index (χ0v) is 9.27. The number of nitrogens with zero attached hydrogens (tertiary/aromatic N) is 2. The smallest absolute Gasteiger partial charge is 0.313 e. The number of H-pyrrole nitrogens is 1. The Balaban J connectivity index is 2.33. The lowest BCUT2D eigenvalue weighted by Crippen LogP contribution is -2.15. The van der Waals surface area contributed by atoms with Gasteiger partial charge in [0, 0.05) is 6.04 Å². The summed E-state index contributed by atoms with van der Waals surface area (Å²) in [4.78, 5) is 11.3. The minimum absolute atomic E-state index is 0.227. The molecule has 1 unspecified atom stereocenters. The minimum atomic E-state index is -0.227. The third kappa shape index (κ3) is 1.90. The lowest BCUT2D eigenvalue weighted by atomic mass is 10.1. The Morgan fingerprint density at radius 1 is 1.38 bits per heavy atom. The summed E-state index contributed by atoms with van der Waals surface area (Å²) in [5.74, 6) is 0. The number of rotatable bonds is 3. The molecule has 2 N–H and O–H groups in total. The number of aromatic nitrogens is 3. The van der Waals surface area contributed by atoms with Crippen molar-refractivity contribution in [3.05, 3.63) is 46.6 Å². The maximum atomic E-state index is 11.3. The molecule has 5 heteroatoms. The van der Waals surface area contributed by atoms with E-state index in [0.717, 1.165) is 5.69 Å². The number of hydrogen-bond acceptors (Lipinski definition) is 3. The van der Waals surface area contributed by atoms with Gasteiger partial charge in [-0.15, -0.1) is 0 Å². The van der Waals surface area contributed by atoms with E-state index in [0.29, 0.717) is 6.04 Å². The van der Waals surface area contributed by atoms with Crippen molar-refractivity contribution in [3.8, 4) is 5.69 Å². The number of benzene rings is 1. The standard InChI is InChI=1S/C11H14N4O/c1-8(12-2)9-3-5-10(6-4-9)15-7-13-14-11(15)16/h3-8,12H,1-2H3,(H,14,16). The molecule has 84 valence electrons. The summed E-state index contributed by atoms with van der Waals surface area (Å²) >= 11 is 0. The lowest BCUT2D eigenvalue weighted by molar-refractivity contribution is 0.652. The zero-order chi connectivity index (χ0) is 11.5. The zero-order valence-electron chi connectivity index (χ0n) is 9.27. The van der Waals surface area contributed by atoms with Crippen LogP contribution in [0.15, 0.2) is 35.4 Å². The molecule has 0 fully saturated rings. The molecule has 0 aliphatic heterocycles. The van der Waals surface area contributed by atoms with Gasteiger partial charge in [-0.2, -0.15) is 5.10 Å². The molecule has 0 spiro atoms. The summed E-state index contributed by atoms with van der Waals surface area (Å²) in [5, 5.41) is 9.21. The first kappa shape index (κ1) is 10.6. The topological polar surface area (TPSA) is 62.7 Å². The number of nitrogens with one attached hydrogen (secondary N) is 2. The van der Waals surface area contributed by atoms with Gasteiger partial charge in [0.25, 0.3) is 0 Å². The summed E-state index contributed by atoms with van der Waals surface area (Å²) in [6.45, 7) is 2.08. The van der Waals surface area contributed by atoms with Crippen LogP contribution >= 0.6 is 0 Å². The van der Waals surface area contributed by atoms with Crippen LogP contribution in [0.4, 0.5) is 0 Å². The van der Waals surface area contributed by atoms with E-state index in [2.05, 4.69) is 22.4 Å². The quantitative estimate of drug-likeness (QED) is 0.802. The van der Waals surface area contributed by atoms with Gasteiger partial charge in [0.1, 0.15) is 6.33 Å². The second-order valence-electron chi connectivity index (χ2n) is 3.63. The summed E-state index contributed by atoms with van der Waals surface area (Å²) in [5.41, 5.74) is 1.77. The lowest BCUT2D eigenvalue weighted by Gasteiger charge is -2.10. The third-order valence-corrected chi connectivity index (χ3v) is 2.66. The van der Waals surface area contributed by atoms with E-state index in [1.165, 1.54) is 16.5 Å². The molecule has 0 radical (unpaired) electrons. The fraction of sp³-hybridized carbons (Fsp3) is 0.273. The van der Waals surface area contributed by atoms with E-state index >= 15 is 0 Å². The third-order valence-electron chi connectivity index (χ3n) is 2.66. The van der Waals surface area contributed by atoms with Crippen molar-refractivity contribution >= 4 is 0 Å². The van der Waals surface area contributed by atoms with Gasteiger partial charge in [0.2, 0.25) is 0 Å².